The second-order valence-electron chi connectivity index (χ2n) is 4.25. The zero-order valence-electron chi connectivity index (χ0n) is 7.95. The van der Waals surface area contributed by atoms with E-state index in [1.807, 2.05) is 0 Å². The molecule has 1 aliphatic heterocycles. The van der Waals surface area contributed by atoms with Crippen LogP contribution in [0.1, 0.15) is 38.5 Å². The first-order chi connectivity index (χ1) is 6.29. The van der Waals surface area contributed by atoms with Crippen LogP contribution in [0.3, 0.4) is 0 Å². The quantitative estimate of drug-likeness (QED) is 0.718. The second-order valence-corrected chi connectivity index (χ2v) is 5.42. The molecule has 0 aromatic rings. The fraction of sp³-hybridized carbons (Fsp3) is 1.00. The van der Waals surface area contributed by atoms with Gasteiger partial charge >= 0.3 is 0 Å². The van der Waals surface area contributed by atoms with Crippen molar-refractivity contribution in [2.24, 2.45) is 0 Å². The highest BCUT2D eigenvalue weighted by atomic mass is 79.9. The van der Waals surface area contributed by atoms with Crippen molar-refractivity contribution in [3.05, 3.63) is 0 Å². The van der Waals surface area contributed by atoms with Crippen molar-refractivity contribution in [3.63, 3.8) is 0 Å². The Morgan fingerprint density at radius 3 is 2.31 bits per heavy atom. The number of rotatable bonds is 1. The molecule has 2 fully saturated rings. The Morgan fingerprint density at radius 2 is 1.77 bits per heavy atom. The minimum atomic E-state index is -0.233. The van der Waals surface area contributed by atoms with Crippen molar-refractivity contribution in [1.29, 1.82) is 0 Å². The monoisotopic (exact) mass is 247 g/mol. The summed E-state index contributed by atoms with van der Waals surface area (Å²) in [6.07, 6.45) is 7.52. The van der Waals surface area contributed by atoms with Crippen LogP contribution in [-0.4, -0.2) is 33.6 Å². The highest BCUT2D eigenvalue weighted by molar-refractivity contribution is 9.09. The van der Waals surface area contributed by atoms with Crippen molar-refractivity contribution in [1.82, 2.24) is 4.90 Å². The number of likely N-dealkylation sites (tertiary alicyclic amines) is 1. The number of alkyl halides is 1. The van der Waals surface area contributed by atoms with Crippen LogP contribution < -0.4 is 0 Å². The van der Waals surface area contributed by atoms with Gasteiger partial charge in [0.05, 0.1) is 4.83 Å². The number of aliphatic hydroxyl groups is 1. The highest BCUT2D eigenvalue weighted by Crippen LogP contribution is 2.30. The first-order valence-corrected chi connectivity index (χ1v) is 6.28. The van der Waals surface area contributed by atoms with Gasteiger partial charge in [0.25, 0.3) is 0 Å². The minimum absolute atomic E-state index is 0.233. The molecule has 3 heteroatoms. The van der Waals surface area contributed by atoms with Gasteiger partial charge in [0.1, 0.15) is 6.23 Å². The third-order valence-electron chi connectivity index (χ3n) is 3.37. The molecule has 2 unspecified atom stereocenters. The van der Waals surface area contributed by atoms with Gasteiger partial charge in [0.15, 0.2) is 0 Å². The number of halogens is 1. The summed E-state index contributed by atoms with van der Waals surface area (Å²) < 4.78 is 0. The Balaban J connectivity index is 1.92. The van der Waals surface area contributed by atoms with E-state index < -0.39 is 0 Å². The van der Waals surface area contributed by atoms with Gasteiger partial charge in [-0.25, -0.2) is 0 Å². The van der Waals surface area contributed by atoms with Gasteiger partial charge in [-0.2, -0.15) is 0 Å². The molecule has 0 aromatic heterocycles. The van der Waals surface area contributed by atoms with Crippen LogP contribution in [-0.2, 0) is 0 Å². The van der Waals surface area contributed by atoms with Crippen LogP contribution >= 0.6 is 15.9 Å². The SMILES string of the molecule is OC1C(Br)CCN1C1CCCCC1. The van der Waals surface area contributed by atoms with E-state index in [2.05, 4.69) is 20.8 Å². The zero-order chi connectivity index (χ0) is 9.26. The summed E-state index contributed by atoms with van der Waals surface area (Å²) in [5.41, 5.74) is 0. The summed E-state index contributed by atoms with van der Waals surface area (Å²) in [7, 11) is 0. The molecular formula is C10H18BrNO. The van der Waals surface area contributed by atoms with Crippen LogP contribution in [0, 0.1) is 0 Å². The molecule has 13 heavy (non-hydrogen) atoms. The smallest absolute Gasteiger partial charge is 0.120 e. The molecule has 2 aliphatic rings. The number of aliphatic hydroxyl groups excluding tert-OH is 1. The number of hydrogen-bond donors (Lipinski definition) is 1. The lowest BCUT2D eigenvalue weighted by atomic mass is 9.94. The average Bonchev–Trinajstić information content (AvgIpc) is 2.49. The van der Waals surface area contributed by atoms with Crippen molar-refractivity contribution < 1.29 is 5.11 Å². The number of nitrogens with zero attached hydrogens (tertiary/aromatic N) is 1. The van der Waals surface area contributed by atoms with E-state index in [0.717, 1.165) is 13.0 Å². The molecule has 0 aromatic carbocycles. The summed E-state index contributed by atoms with van der Waals surface area (Å²) in [5.74, 6) is 0. The fourth-order valence-corrected chi connectivity index (χ4v) is 3.08. The molecular weight excluding hydrogens is 230 g/mol. The van der Waals surface area contributed by atoms with Gasteiger partial charge in [0.2, 0.25) is 0 Å². The van der Waals surface area contributed by atoms with Crippen LogP contribution in [0.15, 0.2) is 0 Å². The van der Waals surface area contributed by atoms with Gasteiger partial charge in [0, 0.05) is 12.6 Å². The minimum Gasteiger partial charge on any atom is -0.377 e. The van der Waals surface area contributed by atoms with E-state index in [0.29, 0.717) is 10.9 Å². The first kappa shape index (κ1) is 9.94. The topological polar surface area (TPSA) is 23.5 Å². The van der Waals surface area contributed by atoms with Crippen LogP contribution in [0.5, 0.6) is 0 Å². The lowest BCUT2D eigenvalue weighted by Gasteiger charge is -2.33. The molecule has 0 bridgehead atoms. The summed E-state index contributed by atoms with van der Waals surface area (Å²) in [6, 6.07) is 0.659. The summed E-state index contributed by atoms with van der Waals surface area (Å²) in [5, 5.41) is 9.89. The van der Waals surface area contributed by atoms with E-state index in [-0.39, 0.29) is 6.23 Å². The Labute approximate surface area is 88.4 Å². The van der Waals surface area contributed by atoms with E-state index in [4.69, 9.17) is 0 Å². The van der Waals surface area contributed by atoms with Crippen molar-refractivity contribution in [2.45, 2.75) is 55.6 Å². The molecule has 0 radical (unpaired) electrons. The maximum Gasteiger partial charge on any atom is 0.120 e. The Kier molecular flexibility index (Phi) is 3.27. The maximum atomic E-state index is 9.89. The molecule has 1 heterocycles. The molecule has 1 saturated heterocycles. The largest absolute Gasteiger partial charge is 0.377 e. The normalized spacial score (nSPS) is 38.3. The summed E-state index contributed by atoms with van der Waals surface area (Å²) in [4.78, 5) is 2.59. The third-order valence-corrected chi connectivity index (χ3v) is 4.30. The molecule has 2 atom stereocenters. The third kappa shape index (κ3) is 2.08. The summed E-state index contributed by atoms with van der Waals surface area (Å²) in [6.45, 7) is 1.07. The van der Waals surface area contributed by atoms with Crippen molar-refractivity contribution in [2.75, 3.05) is 6.54 Å². The van der Waals surface area contributed by atoms with Gasteiger partial charge in [-0.15, -0.1) is 0 Å². The van der Waals surface area contributed by atoms with E-state index in [1.165, 1.54) is 32.1 Å². The van der Waals surface area contributed by atoms with E-state index >= 15 is 0 Å². The predicted molar refractivity (Wildman–Crippen MR) is 56.9 cm³/mol. The van der Waals surface area contributed by atoms with Gasteiger partial charge < -0.3 is 5.11 Å². The average molecular weight is 248 g/mol. The highest BCUT2D eigenvalue weighted by Gasteiger charge is 2.35. The molecule has 1 saturated carbocycles. The van der Waals surface area contributed by atoms with Crippen molar-refractivity contribution in [3.8, 4) is 0 Å². The molecule has 2 rings (SSSR count). The maximum absolute atomic E-state index is 9.89. The van der Waals surface area contributed by atoms with Crippen LogP contribution in [0.4, 0.5) is 0 Å². The van der Waals surface area contributed by atoms with Crippen LogP contribution in [0.2, 0.25) is 0 Å². The molecule has 0 amide bonds. The number of hydrogen-bond acceptors (Lipinski definition) is 2. The van der Waals surface area contributed by atoms with E-state index in [1.54, 1.807) is 0 Å². The van der Waals surface area contributed by atoms with Gasteiger partial charge in [-0.05, 0) is 19.3 Å². The Morgan fingerprint density at radius 1 is 1.08 bits per heavy atom. The Bertz CT molecular complexity index is 170. The fourth-order valence-electron chi connectivity index (χ4n) is 2.57. The lowest BCUT2D eigenvalue weighted by Crippen LogP contribution is -2.42. The molecule has 1 N–H and O–H groups in total. The zero-order valence-corrected chi connectivity index (χ0v) is 9.54. The lowest BCUT2D eigenvalue weighted by molar-refractivity contribution is 0.00161. The summed E-state index contributed by atoms with van der Waals surface area (Å²) >= 11 is 3.52. The molecule has 1 aliphatic carbocycles. The van der Waals surface area contributed by atoms with E-state index in [9.17, 15) is 5.11 Å². The molecule has 2 nitrogen and oxygen atoms in total. The first-order valence-electron chi connectivity index (χ1n) is 5.37. The standard InChI is InChI=1S/C10H18BrNO/c11-9-6-7-12(10(9)13)8-4-2-1-3-5-8/h8-10,13H,1-7H2. The van der Waals surface area contributed by atoms with Gasteiger partial charge in [-0.3, -0.25) is 4.90 Å². The molecule has 76 valence electrons. The predicted octanol–water partition coefficient (Wildman–Crippen LogP) is 2.11. The molecule has 0 spiro atoms. The second kappa shape index (κ2) is 4.28. The Hall–Kier alpha value is 0.400. The van der Waals surface area contributed by atoms with Crippen LogP contribution in [0.25, 0.3) is 0 Å². The van der Waals surface area contributed by atoms with Gasteiger partial charge in [-0.1, -0.05) is 35.2 Å². The van der Waals surface area contributed by atoms with Crippen molar-refractivity contribution >= 4 is 15.9 Å².